The lowest BCUT2D eigenvalue weighted by atomic mass is 10.1. The molecule has 0 aliphatic carbocycles. The van der Waals surface area contributed by atoms with Crippen molar-refractivity contribution in [2.24, 2.45) is 0 Å². The number of hydrogen-bond donors (Lipinski definition) is 1. The minimum absolute atomic E-state index is 0.0213. The summed E-state index contributed by atoms with van der Waals surface area (Å²) in [5.41, 5.74) is 0.842. The number of imide groups is 1. The van der Waals surface area contributed by atoms with Crippen molar-refractivity contribution in [1.82, 2.24) is 29.6 Å². The second-order valence-corrected chi connectivity index (χ2v) is 6.83. The third-order valence-electron chi connectivity index (χ3n) is 4.75. The van der Waals surface area contributed by atoms with E-state index in [0.29, 0.717) is 12.1 Å². The molecule has 0 atom stereocenters. The minimum Gasteiger partial charge on any atom is -0.323 e. The van der Waals surface area contributed by atoms with Crippen LogP contribution in [0.5, 0.6) is 0 Å². The van der Waals surface area contributed by atoms with Crippen molar-refractivity contribution in [2.75, 3.05) is 19.6 Å². The molecular formula is C19H18N6O4. The lowest BCUT2D eigenvalue weighted by molar-refractivity contribution is -0.150. The second kappa shape index (κ2) is 7.30. The van der Waals surface area contributed by atoms with Gasteiger partial charge in [0, 0.05) is 12.2 Å². The number of nitrogens with one attached hydrogen (secondary N) is 1. The van der Waals surface area contributed by atoms with E-state index in [0.717, 1.165) is 15.4 Å². The zero-order chi connectivity index (χ0) is 20.5. The fraction of sp³-hybridized carbons (Fsp3) is 0.263. The molecule has 1 fully saturated rings. The Hall–Kier alpha value is -3.82. The molecule has 29 heavy (non-hydrogen) atoms. The van der Waals surface area contributed by atoms with Gasteiger partial charge in [0.05, 0.1) is 6.20 Å². The zero-order valence-electron chi connectivity index (χ0n) is 15.7. The molecule has 0 saturated carbocycles. The average molecular weight is 394 g/mol. The number of hydrogen-bond acceptors (Lipinski definition) is 6. The molecule has 10 heteroatoms. The molecule has 1 aliphatic rings. The van der Waals surface area contributed by atoms with Crippen LogP contribution < -0.4 is 5.56 Å². The summed E-state index contributed by atoms with van der Waals surface area (Å²) in [4.78, 5) is 54.8. The number of aromatic amines is 1. The molecule has 0 radical (unpaired) electrons. The monoisotopic (exact) mass is 394 g/mol. The van der Waals surface area contributed by atoms with Crippen LogP contribution in [0.15, 0.2) is 41.3 Å². The third kappa shape index (κ3) is 3.51. The third-order valence-corrected chi connectivity index (χ3v) is 4.75. The molecule has 0 bridgehead atoms. The highest BCUT2D eigenvalue weighted by molar-refractivity contribution is 6.07. The molecule has 1 saturated heterocycles. The molecule has 3 aromatic rings. The molecule has 1 aromatic carbocycles. The van der Waals surface area contributed by atoms with Gasteiger partial charge in [-0.15, -0.1) is 5.10 Å². The van der Waals surface area contributed by atoms with Crippen LogP contribution in [0.2, 0.25) is 0 Å². The largest absolute Gasteiger partial charge is 0.323 e. The Bertz CT molecular complexity index is 1150. The normalized spacial score (nSPS) is 14.7. The topological polar surface area (TPSA) is 121 Å². The molecule has 148 valence electrons. The molecule has 1 N–H and O–H groups in total. The highest BCUT2D eigenvalue weighted by Gasteiger charge is 2.35. The summed E-state index contributed by atoms with van der Waals surface area (Å²) >= 11 is 0. The first-order valence-corrected chi connectivity index (χ1v) is 9.05. The number of rotatable bonds is 4. The van der Waals surface area contributed by atoms with Gasteiger partial charge in [0.1, 0.15) is 13.1 Å². The van der Waals surface area contributed by atoms with Gasteiger partial charge in [-0.2, -0.15) is 0 Å². The maximum absolute atomic E-state index is 12.8. The van der Waals surface area contributed by atoms with Crippen LogP contribution in [-0.2, 0) is 16.0 Å². The van der Waals surface area contributed by atoms with Crippen LogP contribution in [-0.4, -0.2) is 67.0 Å². The van der Waals surface area contributed by atoms with E-state index < -0.39 is 23.3 Å². The standard InChI is InChI=1S/C19H18N6O4/c1-12-9-25-17(18(28)20-12)16(21-22-25)19(29)23-10-14(26)24(15(27)11-23)8-7-13-5-3-2-4-6-13/h2-6,9H,7-8,10-11H2,1H3,(H,20,28). The zero-order valence-corrected chi connectivity index (χ0v) is 15.7. The summed E-state index contributed by atoms with van der Waals surface area (Å²) in [6, 6.07) is 9.52. The Morgan fingerprint density at radius 3 is 2.48 bits per heavy atom. The summed E-state index contributed by atoms with van der Waals surface area (Å²) in [6.45, 7) is 1.40. The molecule has 10 nitrogen and oxygen atoms in total. The molecule has 4 rings (SSSR count). The lowest BCUT2D eigenvalue weighted by Gasteiger charge is -2.32. The number of amides is 3. The number of H-pyrrole nitrogens is 1. The van der Waals surface area contributed by atoms with Gasteiger partial charge in [-0.1, -0.05) is 35.5 Å². The first kappa shape index (κ1) is 18.5. The number of aryl methyl sites for hydroxylation is 1. The van der Waals surface area contributed by atoms with Crippen molar-refractivity contribution in [3.63, 3.8) is 0 Å². The predicted octanol–water partition coefficient (Wildman–Crippen LogP) is -0.220. The number of aromatic nitrogens is 4. The van der Waals surface area contributed by atoms with Gasteiger partial charge in [0.2, 0.25) is 11.8 Å². The van der Waals surface area contributed by atoms with E-state index in [1.807, 2.05) is 30.3 Å². The maximum Gasteiger partial charge on any atom is 0.277 e. The van der Waals surface area contributed by atoms with Gasteiger partial charge >= 0.3 is 0 Å². The predicted molar refractivity (Wildman–Crippen MR) is 101 cm³/mol. The number of nitrogens with zero attached hydrogens (tertiary/aromatic N) is 5. The Morgan fingerprint density at radius 2 is 1.79 bits per heavy atom. The minimum atomic E-state index is -0.682. The van der Waals surface area contributed by atoms with Crippen molar-refractivity contribution in [3.05, 3.63) is 63.8 Å². The highest BCUT2D eigenvalue weighted by atomic mass is 16.2. The Morgan fingerprint density at radius 1 is 1.10 bits per heavy atom. The van der Waals surface area contributed by atoms with Crippen molar-refractivity contribution in [1.29, 1.82) is 0 Å². The van der Waals surface area contributed by atoms with E-state index in [9.17, 15) is 19.2 Å². The van der Waals surface area contributed by atoms with Crippen molar-refractivity contribution < 1.29 is 14.4 Å². The van der Waals surface area contributed by atoms with Gasteiger partial charge < -0.3 is 9.88 Å². The highest BCUT2D eigenvalue weighted by Crippen LogP contribution is 2.13. The second-order valence-electron chi connectivity index (χ2n) is 6.83. The molecular weight excluding hydrogens is 376 g/mol. The number of benzene rings is 1. The van der Waals surface area contributed by atoms with Gasteiger partial charge in [-0.25, -0.2) is 4.52 Å². The van der Waals surface area contributed by atoms with Crippen LogP contribution in [0.1, 0.15) is 21.7 Å². The van der Waals surface area contributed by atoms with E-state index >= 15 is 0 Å². The van der Waals surface area contributed by atoms with Crippen LogP contribution >= 0.6 is 0 Å². The van der Waals surface area contributed by atoms with Gasteiger partial charge in [-0.3, -0.25) is 24.1 Å². The van der Waals surface area contributed by atoms with E-state index in [1.165, 1.54) is 10.7 Å². The number of carbonyl (C=O) groups is 3. The molecule has 3 heterocycles. The molecule has 1 aliphatic heterocycles. The van der Waals surface area contributed by atoms with E-state index in [-0.39, 0.29) is 30.8 Å². The first-order valence-electron chi connectivity index (χ1n) is 9.05. The summed E-state index contributed by atoms with van der Waals surface area (Å²) in [5.74, 6) is -1.61. The lowest BCUT2D eigenvalue weighted by Crippen LogP contribution is -2.56. The van der Waals surface area contributed by atoms with Crippen LogP contribution in [0.3, 0.4) is 0 Å². The van der Waals surface area contributed by atoms with E-state index in [4.69, 9.17) is 0 Å². The van der Waals surface area contributed by atoms with Crippen molar-refractivity contribution >= 4 is 23.2 Å². The van der Waals surface area contributed by atoms with Crippen LogP contribution in [0.4, 0.5) is 0 Å². The Labute approximate surface area is 164 Å². The van der Waals surface area contributed by atoms with Crippen molar-refractivity contribution in [3.8, 4) is 0 Å². The molecule has 0 spiro atoms. The molecule has 2 aromatic heterocycles. The number of carbonyl (C=O) groups excluding carboxylic acids is 3. The van der Waals surface area contributed by atoms with E-state index in [2.05, 4.69) is 15.3 Å². The summed E-state index contributed by atoms with van der Waals surface area (Å²) in [6.07, 6.45) is 2.06. The first-order chi connectivity index (χ1) is 13.9. The van der Waals surface area contributed by atoms with Crippen LogP contribution in [0, 0.1) is 6.92 Å². The van der Waals surface area contributed by atoms with Gasteiger partial charge in [0.25, 0.3) is 11.5 Å². The Kier molecular flexibility index (Phi) is 4.67. The van der Waals surface area contributed by atoms with E-state index in [1.54, 1.807) is 6.92 Å². The fourth-order valence-corrected chi connectivity index (χ4v) is 3.31. The van der Waals surface area contributed by atoms with Crippen molar-refractivity contribution in [2.45, 2.75) is 13.3 Å². The fourth-order valence-electron chi connectivity index (χ4n) is 3.31. The SMILES string of the molecule is Cc1cn2nnc(C(=O)N3CC(=O)N(CCc4ccccc4)C(=O)C3)c2c(=O)[nH]1. The molecule has 3 amide bonds. The maximum atomic E-state index is 12.8. The summed E-state index contributed by atoms with van der Waals surface area (Å²) in [7, 11) is 0. The quantitative estimate of drug-likeness (QED) is 0.611. The summed E-state index contributed by atoms with van der Waals surface area (Å²) < 4.78 is 1.21. The smallest absolute Gasteiger partial charge is 0.277 e. The van der Waals surface area contributed by atoms with Gasteiger partial charge in [0.15, 0.2) is 11.2 Å². The van der Waals surface area contributed by atoms with Gasteiger partial charge in [-0.05, 0) is 18.9 Å². The summed E-state index contributed by atoms with van der Waals surface area (Å²) in [5, 5.41) is 7.57. The van der Waals surface area contributed by atoms with Crippen LogP contribution in [0.25, 0.3) is 5.52 Å². The number of piperazine rings is 1. The number of fused-ring (bicyclic) bond motifs is 1. The Balaban J connectivity index is 1.50. The molecule has 0 unspecified atom stereocenters. The average Bonchev–Trinajstić information content (AvgIpc) is 3.11.